The lowest BCUT2D eigenvalue weighted by Crippen LogP contribution is -2.18. The van der Waals surface area contributed by atoms with Gasteiger partial charge in [0.15, 0.2) is 0 Å². The molecule has 0 fully saturated rings. The molecule has 1 nitrogen and oxygen atoms in total. The lowest BCUT2D eigenvalue weighted by molar-refractivity contribution is 1.01. The Morgan fingerprint density at radius 2 is 1.92 bits per heavy atom. The van der Waals surface area contributed by atoms with E-state index in [-0.39, 0.29) is 0 Å². The van der Waals surface area contributed by atoms with E-state index in [0.29, 0.717) is 0 Å². The van der Waals surface area contributed by atoms with Crippen LogP contribution in [0.2, 0.25) is 0 Å². The molecule has 2 heteroatoms. The summed E-state index contributed by atoms with van der Waals surface area (Å²) >= 11 is 2.39. The van der Waals surface area contributed by atoms with Crippen LogP contribution in [-0.2, 0) is 0 Å². The van der Waals surface area contributed by atoms with Gasteiger partial charge in [0, 0.05) is 22.4 Å². The monoisotopic (exact) mass is 271 g/mol. The largest absolute Gasteiger partial charge is 0.363 e. The maximum absolute atomic E-state index is 2.39. The van der Waals surface area contributed by atoms with Crippen LogP contribution < -0.4 is 4.90 Å². The molecule has 0 N–H and O–H groups in total. The SMILES string of the molecule is IC1=CCN(c2ccccc2)C1. The van der Waals surface area contributed by atoms with Gasteiger partial charge in [-0.15, -0.1) is 0 Å². The van der Waals surface area contributed by atoms with Crippen LogP contribution in [0.1, 0.15) is 0 Å². The number of hydrogen-bond donors (Lipinski definition) is 0. The third-order valence-electron chi connectivity index (χ3n) is 2.00. The van der Waals surface area contributed by atoms with Crippen LogP contribution in [0.5, 0.6) is 0 Å². The van der Waals surface area contributed by atoms with Crippen molar-refractivity contribution < 1.29 is 0 Å². The highest BCUT2D eigenvalue weighted by atomic mass is 127. The zero-order chi connectivity index (χ0) is 8.39. The van der Waals surface area contributed by atoms with Gasteiger partial charge >= 0.3 is 0 Å². The topological polar surface area (TPSA) is 3.24 Å². The predicted octanol–water partition coefficient (Wildman–Crippen LogP) is 2.83. The van der Waals surface area contributed by atoms with E-state index in [1.807, 2.05) is 0 Å². The van der Waals surface area contributed by atoms with Gasteiger partial charge in [-0.1, -0.05) is 24.3 Å². The van der Waals surface area contributed by atoms with Crippen molar-refractivity contribution in [2.75, 3.05) is 18.0 Å². The second kappa shape index (κ2) is 3.47. The Bertz CT molecular complexity index is 292. The van der Waals surface area contributed by atoms with Crippen LogP contribution >= 0.6 is 22.6 Å². The fourth-order valence-electron chi connectivity index (χ4n) is 1.36. The third-order valence-corrected chi connectivity index (χ3v) is 2.78. The number of nitrogens with zero attached hydrogens (tertiary/aromatic N) is 1. The first-order valence-corrected chi connectivity index (χ1v) is 5.08. The summed E-state index contributed by atoms with van der Waals surface area (Å²) < 4.78 is 1.44. The average molecular weight is 271 g/mol. The van der Waals surface area contributed by atoms with Gasteiger partial charge in [0.05, 0.1) is 0 Å². The Hall–Kier alpha value is -0.510. The van der Waals surface area contributed by atoms with E-state index >= 15 is 0 Å². The number of anilines is 1. The van der Waals surface area contributed by atoms with Crippen LogP contribution in [0.3, 0.4) is 0 Å². The Labute approximate surface area is 86.2 Å². The van der Waals surface area contributed by atoms with Gasteiger partial charge in [-0.3, -0.25) is 0 Å². The molecule has 1 aliphatic rings. The summed E-state index contributed by atoms with van der Waals surface area (Å²) in [5.41, 5.74) is 1.32. The van der Waals surface area contributed by atoms with Crippen molar-refractivity contribution in [2.24, 2.45) is 0 Å². The number of hydrogen-bond acceptors (Lipinski definition) is 1. The highest BCUT2D eigenvalue weighted by molar-refractivity contribution is 14.1. The third kappa shape index (κ3) is 1.63. The van der Waals surface area contributed by atoms with Gasteiger partial charge in [-0.05, 0) is 34.7 Å². The second-order valence-corrected chi connectivity index (χ2v) is 4.25. The first-order valence-electron chi connectivity index (χ1n) is 4.01. The molecule has 0 radical (unpaired) electrons. The van der Waals surface area contributed by atoms with E-state index in [9.17, 15) is 0 Å². The first-order chi connectivity index (χ1) is 5.86. The lowest BCUT2D eigenvalue weighted by atomic mass is 10.3. The molecule has 1 heterocycles. The minimum Gasteiger partial charge on any atom is -0.363 e. The predicted molar refractivity (Wildman–Crippen MR) is 60.8 cm³/mol. The van der Waals surface area contributed by atoms with Crippen LogP contribution in [0, 0.1) is 0 Å². The summed E-state index contributed by atoms with van der Waals surface area (Å²) in [6.07, 6.45) is 2.27. The quantitative estimate of drug-likeness (QED) is 0.710. The molecule has 0 saturated heterocycles. The van der Waals surface area contributed by atoms with E-state index in [4.69, 9.17) is 0 Å². The van der Waals surface area contributed by atoms with E-state index in [0.717, 1.165) is 13.1 Å². The van der Waals surface area contributed by atoms with Crippen molar-refractivity contribution >= 4 is 28.3 Å². The van der Waals surface area contributed by atoms with Gasteiger partial charge in [0.1, 0.15) is 0 Å². The number of benzene rings is 1. The van der Waals surface area contributed by atoms with Gasteiger partial charge in [0.2, 0.25) is 0 Å². The van der Waals surface area contributed by atoms with Crippen molar-refractivity contribution in [2.45, 2.75) is 0 Å². The fraction of sp³-hybridized carbons (Fsp3) is 0.200. The van der Waals surface area contributed by atoms with Gasteiger partial charge < -0.3 is 4.90 Å². The zero-order valence-electron chi connectivity index (χ0n) is 6.70. The summed E-state index contributed by atoms with van der Waals surface area (Å²) in [5.74, 6) is 0. The maximum Gasteiger partial charge on any atom is 0.0488 e. The molecule has 1 aromatic carbocycles. The van der Waals surface area contributed by atoms with Gasteiger partial charge in [-0.25, -0.2) is 0 Å². The molecule has 0 bridgehead atoms. The first kappa shape index (κ1) is 8.10. The molecule has 0 aromatic heterocycles. The highest BCUT2D eigenvalue weighted by Gasteiger charge is 2.11. The summed E-state index contributed by atoms with van der Waals surface area (Å²) in [6, 6.07) is 10.5. The highest BCUT2D eigenvalue weighted by Crippen LogP contribution is 2.22. The molecule has 0 saturated carbocycles. The van der Waals surface area contributed by atoms with Crippen molar-refractivity contribution in [1.82, 2.24) is 0 Å². The molecule has 0 spiro atoms. The van der Waals surface area contributed by atoms with Crippen molar-refractivity contribution in [1.29, 1.82) is 0 Å². The standard InChI is InChI=1S/C10H10IN/c11-9-6-7-12(8-9)10-4-2-1-3-5-10/h1-6H,7-8H2. The van der Waals surface area contributed by atoms with Crippen LogP contribution in [0.15, 0.2) is 40.0 Å². The molecular formula is C10H10IN. The molecule has 62 valence electrons. The molecule has 0 aliphatic carbocycles. The summed E-state index contributed by atoms with van der Waals surface area (Å²) in [7, 11) is 0. The smallest absolute Gasteiger partial charge is 0.0488 e. The van der Waals surface area contributed by atoms with Crippen LogP contribution in [0.25, 0.3) is 0 Å². The molecule has 0 amide bonds. The number of halogens is 1. The minimum absolute atomic E-state index is 1.06. The fourth-order valence-corrected chi connectivity index (χ4v) is 1.96. The molecule has 2 rings (SSSR count). The van der Waals surface area contributed by atoms with Crippen LogP contribution in [-0.4, -0.2) is 13.1 Å². The van der Waals surface area contributed by atoms with Crippen molar-refractivity contribution in [3.05, 3.63) is 40.0 Å². The Morgan fingerprint density at radius 1 is 1.17 bits per heavy atom. The Balaban J connectivity index is 2.14. The molecule has 12 heavy (non-hydrogen) atoms. The summed E-state index contributed by atoms with van der Waals surface area (Å²) in [5, 5.41) is 0. The molecule has 1 aromatic rings. The van der Waals surface area contributed by atoms with E-state index in [1.54, 1.807) is 0 Å². The summed E-state index contributed by atoms with van der Waals surface area (Å²) in [4.78, 5) is 2.36. The van der Waals surface area contributed by atoms with E-state index in [1.165, 1.54) is 9.27 Å². The number of rotatable bonds is 1. The average Bonchev–Trinajstić information content (AvgIpc) is 2.54. The Morgan fingerprint density at radius 3 is 2.50 bits per heavy atom. The normalized spacial score (nSPS) is 16.4. The molecule has 0 atom stereocenters. The van der Waals surface area contributed by atoms with E-state index < -0.39 is 0 Å². The minimum atomic E-state index is 1.06. The van der Waals surface area contributed by atoms with Crippen molar-refractivity contribution in [3.63, 3.8) is 0 Å². The van der Waals surface area contributed by atoms with Crippen molar-refractivity contribution in [3.8, 4) is 0 Å². The van der Waals surface area contributed by atoms with Crippen LogP contribution in [0.4, 0.5) is 5.69 Å². The molecule has 1 aliphatic heterocycles. The number of para-hydroxylation sites is 1. The zero-order valence-corrected chi connectivity index (χ0v) is 8.86. The molecular weight excluding hydrogens is 261 g/mol. The lowest BCUT2D eigenvalue weighted by Gasteiger charge is -2.17. The van der Waals surface area contributed by atoms with Gasteiger partial charge in [0.25, 0.3) is 0 Å². The summed E-state index contributed by atoms with van der Waals surface area (Å²) in [6.45, 7) is 2.13. The van der Waals surface area contributed by atoms with Gasteiger partial charge in [-0.2, -0.15) is 0 Å². The molecule has 0 unspecified atom stereocenters. The van der Waals surface area contributed by atoms with E-state index in [2.05, 4.69) is 63.9 Å². The Kier molecular flexibility index (Phi) is 2.35. The maximum atomic E-state index is 2.39. The second-order valence-electron chi connectivity index (χ2n) is 2.87.